The summed E-state index contributed by atoms with van der Waals surface area (Å²) >= 11 is 0. The Morgan fingerprint density at radius 1 is 1.07 bits per heavy atom. The summed E-state index contributed by atoms with van der Waals surface area (Å²) in [5, 5.41) is 18.9. The summed E-state index contributed by atoms with van der Waals surface area (Å²) < 4.78 is 5.53. The molecule has 0 bridgehead atoms. The number of fused-ring (bicyclic) bond motifs is 2. The van der Waals surface area contributed by atoms with Crippen molar-refractivity contribution >= 4 is 35.0 Å². The molecule has 2 aromatic rings. The van der Waals surface area contributed by atoms with E-state index in [9.17, 15) is 24.4 Å². The molecular weight excluding hydrogens is 546 g/mol. The van der Waals surface area contributed by atoms with Gasteiger partial charge in [-0.15, -0.1) is 0 Å². The van der Waals surface area contributed by atoms with Crippen molar-refractivity contribution in [1.82, 2.24) is 10.2 Å². The van der Waals surface area contributed by atoms with Crippen LogP contribution >= 0.6 is 0 Å². The van der Waals surface area contributed by atoms with Crippen LogP contribution in [0.4, 0.5) is 11.4 Å². The van der Waals surface area contributed by atoms with E-state index in [0.717, 1.165) is 16.7 Å². The third kappa shape index (κ3) is 5.38. The van der Waals surface area contributed by atoms with Gasteiger partial charge in [-0.05, 0) is 61.8 Å². The topological polar surface area (TPSA) is 141 Å². The zero-order valence-electron chi connectivity index (χ0n) is 25.2. The molecule has 226 valence electrons. The Bertz CT molecular complexity index is 1470. The van der Waals surface area contributed by atoms with Crippen LogP contribution in [-0.2, 0) is 29.3 Å². The molecule has 2 aromatic carbocycles. The van der Waals surface area contributed by atoms with E-state index in [2.05, 4.69) is 22.0 Å². The van der Waals surface area contributed by atoms with Crippen molar-refractivity contribution in [3.63, 3.8) is 0 Å². The molecule has 43 heavy (non-hydrogen) atoms. The highest BCUT2D eigenvalue weighted by atomic mass is 16.5. The van der Waals surface area contributed by atoms with Gasteiger partial charge < -0.3 is 25.6 Å². The van der Waals surface area contributed by atoms with Crippen LogP contribution in [0.1, 0.15) is 56.2 Å². The van der Waals surface area contributed by atoms with E-state index < -0.39 is 40.6 Å². The number of para-hydroxylation sites is 2. The lowest BCUT2D eigenvalue weighted by atomic mass is 9.77. The number of hydrogen-bond acceptors (Lipinski definition) is 6. The number of likely N-dealkylation sites (tertiary alicyclic amines) is 1. The number of amides is 4. The van der Waals surface area contributed by atoms with Crippen molar-refractivity contribution in [2.75, 3.05) is 30.4 Å². The van der Waals surface area contributed by atoms with Crippen molar-refractivity contribution in [3.05, 3.63) is 59.2 Å². The zero-order chi connectivity index (χ0) is 30.9. The molecule has 0 aromatic heterocycles. The maximum Gasteiger partial charge on any atom is 0.246 e. The third-order valence-electron chi connectivity index (χ3n) is 9.16. The second kappa shape index (κ2) is 11.8. The molecule has 5 rings (SSSR count). The third-order valence-corrected chi connectivity index (χ3v) is 9.16. The Labute approximate surface area is 252 Å². The Morgan fingerprint density at radius 2 is 1.74 bits per heavy atom. The van der Waals surface area contributed by atoms with Crippen LogP contribution < -0.4 is 16.0 Å². The number of nitriles is 1. The molecule has 10 heteroatoms. The molecular formula is C33H39N5O5. The molecule has 1 spiro atoms. The molecule has 0 unspecified atom stereocenters. The van der Waals surface area contributed by atoms with Crippen LogP contribution in [0.15, 0.2) is 42.5 Å². The molecule has 10 nitrogen and oxygen atoms in total. The van der Waals surface area contributed by atoms with E-state index in [1.807, 2.05) is 70.2 Å². The first-order chi connectivity index (χ1) is 20.5. The molecule has 3 aliphatic heterocycles. The Morgan fingerprint density at radius 3 is 2.40 bits per heavy atom. The maximum absolute atomic E-state index is 14.2. The van der Waals surface area contributed by atoms with Gasteiger partial charge in [0.15, 0.2) is 0 Å². The summed E-state index contributed by atoms with van der Waals surface area (Å²) in [4.78, 5) is 56.9. The first-order valence-corrected chi connectivity index (χ1v) is 14.9. The molecule has 3 aliphatic rings. The second-order valence-corrected chi connectivity index (χ2v) is 12.5. The van der Waals surface area contributed by atoms with Crippen LogP contribution in [0, 0.1) is 36.5 Å². The largest absolute Gasteiger partial charge is 0.381 e. The molecule has 0 saturated carbocycles. The highest BCUT2D eigenvalue weighted by molar-refractivity contribution is 6.12. The summed E-state index contributed by atoms with van der Waals surface area (Å²) in [6, 6.07) is 13.4. The minimum absolute atomic E-state index is 0.0240. The van der Waals surface area contributed by atoms with E-state index in [4.69, 9.17) is 4.74 Å². The van der Waals surface area contributed by atoms with Crippen molar-refractivity contribution in [1.29, 1.82) is 5.26 Å². The molecule has 4 amide bonds. The van der Waals surface area contributed by atoms with Gasteiger partial charge in [0.2, 0.25) is 23.6 Å². The minimum atomic E-state index is -1.44. The fourth-order valence-electron chi connectivity index (χ4n) is 6.70. The van der Waals surface area contributed by atoms with Crippen LogP contribution in [0.2, 0.25) is 0 Å². The smallest absolute Gasteiger partial charge is 0.246 e. The number of aryl methyl sites for hydroxylation is 2. The van der Waals surface area contributed by atoms with Gasteiger partial charge in [-0.1, -0.05) is 50.2 Å². The maximum atomic E-state index is 14.2. The molecule has 3 atom stereocenters. The van der Waals surface area contributed by atoms with Crippen LogP contribution in [-0.4, -0.2) is 60.4 Å². The molecule has 3 heterocycles. The average molecular weight is 586 g/mol. The highest BCUT2D eigenvalue weighted by Crippen LogP contribution is 2.46. The van der Waals surface area contributed by atoms with Gasteiger partial charge in [-0.2, -0.15) is 5.26 Å². The van der Waals surface area contributed by atoms with E-state index in [-0.39, 0.29) is 50.8 Å². The van der Waals surface area contributed by atoms with Crippen LogP contribution in [0.25, 0.3) is 0 Å². The number of carbonyl (C=O) groups is 4. The molecule has 3 N–H and O–H groups in total. The molecule has 2 saturated heterocycles. The average Bonchev–Trinajstić information content (AvgIpc) is 3.51. The number of benzene rings is 2. The minimum Gasteiger partial charge on any atom is -0.381 e. The molecule has 0 aliphatic carbocycles. The Hall–Kier alpha value is -4.23. The summed E-state index contributed by atoms with van der Waals surface area (Å²) in [7, 11) is 0. The van der Waals surface area contributed by atoms with Crippen molar-refractivity contribution in [2.24, 2.45) is 11.3 Å². The first-order valence-electron chi connectivity index (χ1n) is 14.9. The number of rotatable bonds is 7. The summed E-state index contributed by atoms with van der Waals surface area (Å²) in [5.41, 5.74) is 1.40. The number of hydrogen-bond donors (Lipinski definition) is 3. The van der Waals surface area contributed by atoms with Gasteiger partial charge in [0.25, 0.3) is 0 Å². The van der Waals surface area contributed by atoms with Crippen molar-refractivity contribution in [2.45, 2.75) is 70.9 Å². The SMILES string of the molecule is Cc1cccc(C)c1NC(=O)C1(C(=O)N[C@@H](CC(C)C)C(=O)N2C[C@]3(C[C@H]2C#N)C(=O)Nc2ccccc23)CCOCC1. The van der Waals surface area contributed by atoms with Gasteiger partial charge in [0.05, 0.1) is 11.5 Å². The van der Waals surface area contributed by atoms with E-state index in [1.165, 1.54) is 4.90 Å². The predicted octanol–water partition coefficient (Wildman–Crippen LogP) is 3.58. The zero-order valence-corrected chi connectivity index (χ0v) is 25.2. The van der Waals surface area contributed by atoms with Crippen molar-refractivity contribution in [3.8, 4) is 6.07 Å². The van der Waals surface area contributed by atoms with Crippen LogP contribution in [0.3, 0.4) is 0 Å². The standard InChI is InChI=1S/C33H39N5O5/c1-20(2)16-26(28(39)38-19-33(17-23(38)18-34)24-10-5-6-11-25(24)35-31(33)42)36-29(40)32(12-14-43-15-13-32)30(41)37-27-21(3)8-7-9-22(27)4/h5-11,20,23,26H,12-17,19H2,1-4H3,(H,35,42)(H,36,40)(H,37,41)/t23-,26-,33-/m0/s1. The number of nitrogens with zero attached hydrogens (tertiary/aromatic N) is 2. The molecule has 2 fully saturated rings. The van der Waals surface area contributed by atoms with E-state index in [1.54, 1.807) is 0 Å². The van der Waals surface area contributed by atoms with Gasteiger partial charge in [0.1, 0.15) is 17.5 Å². The molecule has 0 radical (unpaired) electrons. The fraction of sp³-hybridized carbons (Fsp3) is 0.485. The summed E-state index contributed by atoms with van der Waals surface area (Å²) in [6.45, 7) is 8.17. The van der Waals surface area contributed by atoms with Crippen LogP contribution in [0.5, 0.6) is 0 Å². The summed E-state index contributed by atoms with van der Waals surface area (Å²) in [5.74, 6) is -1.62. The van der Waals surface area contributed by atoms with Gasteiger partial charge in [-0.25, -0.2) is 0 Å². The second-order valence-electron chi connectivity index (χ2n) is 12.5. The monoisotopic (exact) mass is 585 g/mol. The normalized spacial score (nSPS) is 22.9. The van der Waals surface area contributed by atoms with Gasteiger partial charge >= 0.3 is 0 Å². The predicted molar refractivity (Wildman–Crippen MR) is 161 cm³/mol. The lowest BCUT2D eigenvalue weighted by Crippen LogP contribution is -2.58. The lowest BCUT2D eigenvalue weighted by molar-refractivity contribution is -0.150. The fourth-order valence-corrected chi connectivity index (χ4v) is 6.70. The van der Waals surface area contributed by atoms with E-state index >= 15 is 0 Å². The number of carbonyl (C=O) groups excluding carboxylic acids is 4. The van der Waals surface area contributed by atoms with Crippen molar-refractivity contribution < 1.29 is 23.9 Å². The lowest BCUT2D eigenvalue weighted by Gasteiger charge is -2.36. The number of anilines is 2. The number of nitrogens with one attached hydrogen (secondary N) is 3. The highest BCUT2D eigenvalue weighted by Gasteiger charge is 2.57. The Balaban J connectivity index is 1.42. The van der Waals surface area contributed by atoms with Gasteiger partial charge in [-0.3, -0.25) is 19.2 Å². The summed E-state index contributed by atoms with van der Waals surface area (Å²) in [6.07, 6.45) is 0.811. The van der Waals surface area contributed by atoms with Gasteiger partial charge in [0, 0.05) is 37.6 Å². The first kappa shape index (κ1) is 30.2. The Kier molecular flexibility index (Phi) is 8.30. The number of ether oxygens (including phenoxy) is 1. The quantitative estimate of drug-likeness (QED) is 0.424. The van der Waals surface area contributed by atoms with E-state index in [0.29, 0.717) is 17.8 Å².